The molecule has 0 aliphatic carbocycles. The molecule has 0 saturated carbocycles. The Morgan fingerprint density at radius 3 is 3.08 bits per heavy atom. The maximum atomic E-state index is 5.04. The minimum atomic E-state index is 0.406. The maximum Gasteiger partial charge on any atom is 0.232 e. The van der Waals surface area contributed by atoms with Crippen molar-refractivity contribution in [2.45, 2.75) is 12.5 Å². The van der Waals surface area contributed by atoms with Gasteiger partial charge in [0, 0.05) is 20.2 Å². The standard InChI is InChI=1S/C7H11N3O2/c1-11-4-6-9-7(12-10-6)5-2-8-3-5/h5,8H,2-4H2,1H3. The van der Waals surface area contributed by atoms with E-state index in [9.17, 15) is 0 Å². The van der Waals surface area contributed by atoms with Gasteiger partial charge in [-0.15, -0.1) is 0 Å². The molecule has 1 aromatic heterocycles. The van der Waals surface area contributed by atoms with Crippen molar-refractivity contribution < 1.29 is 9.26 Å². The summed E-state index contributed by atoms with van der Waals surface area (Å²) in [6, 6.07) is 0. The van der Waals surface area contributed by atoms with Crippen LogP contribution in [-0.4, -0.2) is 30.3 Å². The van der Waals surface area contributed by atoms with Crippen LogP contribution in [0.5, 0.6) is 0 Å². The first-order chi connectivity index (χ1) is 5.90. The molecule has 66 valence electrons. The summed E-state index contributed by atoms with van der Waals surface area (Å²) in [4.78, 5) is 4.18. The second-order valence-corrected chi connectivity index (χ2v) is 2.84. The van der Waals surface area contributed by atoms with Crippen LogP contribution in [-0.2, 0) is 11.3 Å². The SMILES string of the molecule is COCc1noc(C2CNC2)n1. The average Bonchev–Trinajstić information content (AvgIpc) is 2.34. The van der Waals surface area contributed by atoms with E-state index in [1.54, 1.807) is 7.11 Å². The van der Waals surface area contributed by atoms with Crippen LogP contribution in [0.3, 0.4) is 0 Å². The Hall–Kier alpha value is -0.940. The topological polar surface area (TPSA) is 60.2 Å². The molecule has 0 unspecified atom stereocenters. The van der Waals surface area contributed by atoms with Crippen molar-refractivity contribution >= 4 is 0 Å². The van der Waals surface area contributed by atoms with Crippen LogP contribution in [0.4, 0.5) is 0 Å². The van der Waals surface area contributed by atoms with Gasteiger partial charge in [0.1, 0.15) is 6.61 Å². The third kappa shape index (κ3) is 1.33. The van der Waals surface area contributed by atoms with Crippen molar-refractivity contribution in [2.24, 2.45) is 0 Å². The zero-order valence-corrected chi connectivity index (χ0v) is 6.91. The van der Waals surface area contributed by atoms with Gasteiger partial charge in [0.15, 0.2) is 5.82 Å². The summed E-state index contributed by atoms with van der Waals surface area (Å²) in [7, 11) is 1.61. The molecule has 0 aromatic carbocycles. The lowest BCUT2D eigenvalue weighted by molar-refractivity contribution is 0.174. The van der Waals surface area contributed by atoms with E-state index in [1.807, 2.05) is 0 Å². The van der Waals surface area contributed by atoms with Gasteiger partial charge in [-0.1, -0.05) is 5.16 Å². The minimum Gasteiger partial charge on any atom is -0.377 e. The van der Waals surface area contributed by atoms with E-state index in [0.29, 0.717) is 18.3 Å². The Balaban J connectivity index is 2.02. The average molecular weight is 169 g/mol. The highest BCUT2D eigenvalue weighted by Crippen LogP contribution is 2.17. The second kappa shape index (κ2) is 3.20. The molecular formula is C7H11N3O2. The third-order valence-corrected chi connectivity index (χ3v) is 1.89. The molecular weight excluding hydrogens is 158 g/mol. The highest BCUT2D eigenvalue weighted by Gasteiger charge is 2.24. The highest BCUT2D eigenvalue weighted by molar-refractivity contribution is 5.00. The normalized spacial score (nSPS) is 17.8. The van der Waals surface area contributed by atoms with E-state index >= 15 is 0 Å². The number of rotatable bonds is 3. The predicted molar refractivity (Wildman–Crippen MR) is 40.6 cm³/mol. The Morgan fingerprint density at radius 2 is 2.50 bits per heavy atom. The van der Waals surface area contributed by atoms with Gasteiger partial charge >= 0.3 is 0 Å². The third-order valence-electron chi connectivity index (χ3n) is 1.89. The number of hydrogen-bond acceptors (Lipinski definition) is 5. The van der Waals surface area contributed by atoms with Crippen LogP contribution < -0.4 is 5.32 Å². The van der Waals surface area contributed by atoms with E-state index in [0.717, 1.165) is 19.0 Å². The molecule has 0 radical (unpaired) electrons. The number of methoxy groups -OCH3 is 1. The molecule has 0 spiro atoms. The monoisotopic (exact) mass is 169 g/mol. The number of hydrogen-bond donors (Lipinski definition) is 1. The fraction of sp³-hybridized carbons (Fsp3) is 0.714. The van der Waals surface area contributed by atoms with Gasteiger partial charge in [-0.05, 0) is 0 Å². The first-order valence-corrected chi connectivity index (χ1v) is 3.92. The van der Waals surface area contributed by atoms with E-state index in [4.69, 9.17) is 9.26 Å². The van der Waals surface area contributed by atoms with E-state index < -0.39 is 0 Å². The van der Waals surface area contributed by atoms with Crippen LogP contribution in [0.15, 0.2) is 4.52 Å². The van der Waals surface area contributed by atoms with Gasteiger partial charge in [-0.3, -0.25) is 0 Å². The molecule has 1 fully saturated rings. The summed E-state index contributed by atoms with van der Waals surface area (Å²) < 4.78 is 9.91. The summed E-state index contributed by atoms with van der Waals surface area (Å²) in [5.41, 5.74) is 0. The van der Waals surface area contributed by atoms with Crippen LogP contribution in [0.2, 0.25) is 0 Å². The molecule has 1 aliphatic rings. The largest absolute Gasteiger partial charge is 0.377 e. The van der Waals surface area contributed by atoms with Crippen LogP contribution >= 0.6 is 0 Å². The molecule has 5 heteroatoms. The van der Waals surface area contributed by atoms with Crippen molar-refractivity contribution in [3.8, 4) is 0 Å². The summed E-state index contributed by atoms with van der Waals surface area (Å²) in [5.74, 6) is 1.75. The van der Waals surface area contributed by atoms with Crippen LogP contribution in [0.25, 0.3) is 0 Å². The Labute approximate surface area is 70.1 Å². The first kappa shape index (κ1) is 7.70. The fourth-order valence-corrected chi connectivity index (χ4v) is 1.08. The summed E-state index contributed by atoms with van der Waals surface area (Å²) in [5, 5.41) is 6.91. The molecule has 0 bridgehead atoms. The number of aromatic nitrogens is 2. The number of nitrogens with zero attached hydrogens (tertiary/aromatic N) is 2. The number of ether oxygens (including phenoxy) is 1. The molecule has 2 rings (SSSR count). The maximum absolute atomic E-state index is 5.04. The van der Waals surface area contributed by atoms with Gasteiger partial charge in [0.2, 0.25) is 5.89 Å². The smallest absolute Gasteiger partial charge is 0.232 e. The minimum absolute atomic E-state index is 0.406. The molecule has 2 heterocycles. The summed E-state index contributed by atoms with van der Waals surface area (Å²) in [6.45, 7) is 2.30. The van der Waals surface area contributed by atoms with Crippen LogP contribution in [0, 0.1) is 0 Å². The summed E-state index contributed by atoms with van der Waals surface area (Å²) in [6.07, 6.45) is 0. The van der Waals surface area contributed by atoms with E-state index in [-0.39, 0.29) is 0 Å². The van der Waals surface area contributed by atoms with Crippen molar-refractivity contribution in [1.29, 1.82) is 0 Å². The van der Waals surface area contributed by atoms with E-state index in [1.165, 1.54) is 0 Å². The molecule has 0 amide bonds. The molecule has 12 heavy (non-hydrogen) atoms. The lowest BCUT2D eigenvalue weighted by atomic mass is 10.0. The Morgan fingerprint density at radius 1 is 1.67 bits per heavy atom. The molecule has 0 atom stereocenters. The zero-order chi connectivity index (χ0) is 8.39. The Bertz CT molecular complexity index is 257. The van der Waals surface area contributed by atoms with Crippen molar-refractivity contribution in [3.63, 3.8) is 0 Å². The Kier molecular flexibility index (Phi) is 2.05. The quantitative estimate of drug-likeness (QED) is 0.684. The molecule has 1 saturated heterocycles. The van der Waals surface area contributed by atoms with Crippen molar-refractivity contribution in [1.82, 2.24) is 15.5 Å². The predicted octanol–water partition coefficient (Wildman–Crippen LogP) is -0.0972. The van der Waals surface area contributed by atoms with Gasteiger partial charge in [0.25, 0.3) is 0 Å². The van der Waals surface area contributed by atoms with Crippen LogP contribution in [0.1, 0.15) is 17.6 Å². The van der Waals surface area contributed by atoms with Gasteiger partial charge in [0.05, 0.1) is 5.92 Å². The van der Waals surface area contributed by atoms with Crippen molar-refractivity contribution in [2.75, 3.05) is 20.2 Å². The molecule has 1 aliphatic heterocycles. The summed E-state index contributed by atoms with van der Waals surface area (Å²) >= 11 is 0. The highest BCUT2D eigenvalue weighted by atomic mass is 16.5. The van der Waals surface area contributed by atoms with Crippen molar-refractivity contribution in [3.05, 3.63) is 11.7 Å². The fourth-order valence-electron chi connectivity index (χ4n) is 1.08. The second-order valence-electron chi connectivity index (χ2n) is 2.84. The lowest BCUT2D eigenvalue weighted by Crippen LogP contribution is -2.40. The van der Waals surface area contributed by atoms with Gasteiger partial charge in [-0.25, -0.2) is 0 Å². The molecule has 1 N–H and O–H groups in total. The number of nitrogens with one attached hydrogen (secondary N) is 1. The zero-order valence-electron chi connectivity index (χ0n) is 6.91. The van der Waals surface area contributed by atoms with Gasteiger partial charge < -0.3 is 14.6 Å². The lowest BCUT2D eigenvalue weighted by Gasteiger charge is -2.22. The molecule has 5 nitrogen and oxygen atoms in total. The van der Waals surface area contributed by atoms with E-state index in [2.05, 4.69) is 15.5 Å². The first-order valence-electron chi connectivity index (χ1n) is 3.92. The van der Waals surface area contributed by atoms with Gasteiger partial charge in [-0.2, -0.15) is 4.98 Å². The molecule has 1 aromatic rings.